The van der Waals surface area contributed by atoms with Crippen LogP contribution >= 0.6 is 11.6 Å². The van der Waals surface area contributed by atoms with E-state index in [1.807, 2.05) is 5.32 Å². The second-order valence-electron chi connectivity index (χ2n) is 3.21. The normalized spacial score (nSPS) is 12.9. The van der Waals surface area contributed by atoms with Gasteiger partial charge in [-0.15, -0.1) is 0 Å². The molecule has 1 amide bonds. The summed E-state index contributed by atoms with van der Waals surface area (Å²) in [6.07, 6.45) is 3.24. The molecule has 0 aromatic heterocycles. The number of nitriles is 1. The van der Waals surface area contributed by atoms with Gasteiger partial charge in [-0.1, -0.05) is 11.6 Å². The molecular weight excluding hydrogens is 228 g/mol. The second-order valence-corrected chi connectivity index (χ2v) is 3.64. The topological polar surface area (TPSA) is 62.1 Å². The van der Waals surface area contributed by atoms with Crippen LogP contribution in [0, 0.1) is 11.5 Å². The molecule has 0 radical (unpaired) electrons. The lowest BCUT2D eigenvalue weighted by atomic mass is 10.1. The van der Waals surface area contributed by atoms with Crippen molar-refractivity contribution in [3.05, 3.63) is 34.4 Å². The highest BCUT2D eigenvalue weighted by molar-refractivity contribution is 6.30. The molecular formula is C11H7ClN2O2. The van der Waals surface area contributed by atoms with Crippen molar-refractivity contribution < 1.29 is 9.53 Å². The number of hydrogen-bond acceptors (Lipinski definition) is 3. The maximum atomic E-state index is 11.4. The minimum atomic E-state index is -0.451. The Kier molecular flexibility index (Phi) is 2.80. The minimum absolute atomic E-state index is 0.155. The Bertz CT molecular complexity index is 517. The zero-order valence-electron chi connectivity index (χ0n) is 8.16. The van der Waals surface area contributed by atoms with Crippen LogP contribution < -0.4 is 10.1 Å². The maximum absolute atomic E-state index is 11.4. The number of halogens is 1. The van der Waals surface area contributed by atoms with E-state index in [1.165, 1.54) is 0 Å². The van der Waals surface area contributed by atoms with Crippen LogP contribution in [0.15, 0.2) is 23.8 Å². The van der Waals surface area contributed by atoms with Crippen molar-refractivity contribution in [1.29, 1.82) is 5.26 Å². The molecule has 1 aliphatic heterocycles. The van der Waals surface area contributed by atoms with Gasteiger partial charge in [0.25, 0.3) is 5.91 Å². The van der Waals surface area contributed by atoms with E-state index in [9.17, 15) is 4.79 Å². The lowest BCUT2D eigenvalue weighted by Gasteiger charge is -2.16. The number of ether oxygens (including phenoxy) is 1. The Labute approximate surface area is 97.1 Å². The number of nitrogens with one attached hydrogen (secondary N) is 1. The zero-order valence-corrected chi connectivity index (χ0v) is 8.91. The molecule has 0 bridgehead atoms. The SMILES string of the molecule is N#CNC(=O)C1=Cc2cc(Cl)ccc2OC1. The van der Waals surface area contributed by atoms with Crippen molar-refractivity contribution in [1.82, 2.24) is 5.32 Å². The lowest BCUT2D eigenvalue weighted by molar-refractivity contribution is -0.116. The minimum Gasteiger partial charge on any atom is -0.488 e. The highest BCUT2D eigenvalue weighted by Gasteiger charge is 2.16. The highest BCUT2D eigenvalue weighted by Crippen LogP contribution is 2.28. The molecule has 0 aliphatic carbocycles. The first-order chi connectivity index (χ1) is 7.70. The number of amides is 1. The van der Waals surface area contributed by atoms with E-state index in [0.29, 0.717) is 16.3 Å². The van der Waals surface area contributed by atoms with Gasteiger partial charge in [0.2, 0.25) is 0 Å². The Morgan fingerprint density at radius 3 is 3.12 bits per heavy atom. The predicted molar refractivity (Wildman–Crippen MR) is 58.7 cm³/mol. The molecule has 0 unspecified atom stereocenters. The van der Waals surface area contributed by atoms with E-state index in [1.54, 1.807) is 30.5 Å². The fraction of sp³-hybridized carbons (Fsp3) is 0.0909. The molecule has 80 valence electrons. The van der Waals surface area contributed by atoms with Crippen LogP contribution in [-0.2, 0) is 4.79 Å². The number of carbonyl (C=O) groups is 1. The second kappa shape index (κ2) is 4.25. The Morgan fingerprint density at radius 2 is 2.38 bits per heavy atom. The molecule has 0 atom stereocenters. The highest BCUT2D eigenvalue weighted by atomic mass is 35.5. The summed E-state index contributed by atoms with van der Waals surface area (Å²) in [7, 11) is 0. The summed E-state index contributed by atoms with van der Waals surface area (Å²) in [5, 5.41) is 11.0. The predicted octanol–water partition coefficient (Wildman–Crippen LogP) is 1.71. The molecule has 1 aromatic carbocycles. The van der Waals surface area contributed by atoms with Crippen molar-refractivity contribution in [3.8, 4) is 11.9 Å². The van der Waals surface area contributed by atoms with E-state index in [4.69, 9.17) is 21.6 Å². The van der Waals surface area contributed by atoms with Gasteiger partial charge in [-0.25, -0.2) is 0 Å². The smallest absolute Gasteiger partial charge is 0.263 e. The van der Waals surface area contributed by atoms with E-state index in [2.05, 4.69) is 0 Å². The lowest BCUT2D eigenvalue weighted by Crippen LogP contribution is -2.24. The van der Waals surface area contributed by atoms with Crippen molar-refractivity contribution in [2.24, 2.45) is 0 Å². The van der Waals surface area contributed by atoms with Gasteiger partial charge in [-0.05, 0) is 24.3 Å². The number of nitrogens with zero attached hydrogens (tertiary/aromatic N) is 1. The van der Waals surface area contributed by atoms with Crippen LogP contribution in [0.5, 0.6) is 5.75 Å². The first-order valence-corrected chi connectivity index (χ1v) is 4.91. The standard InChI is InChI=1S/C11H7ClN2O2/c12-9-1-2-10-7(4-9)3-8(5-16-10)11(15)14-6-13/h1-4H,5H2,(H,14,15). The molecule has 1 aliphatic rings. The fourth-order valence-electron chi connectivity index (χ4n) is 1.41. The van der Waals surface area contributed by atoms with Crippen LogP contribution in [0.1, 0.15) is 5.56 Å². The Balaban J connectivity index is 2.34. The Hall–Kier alpha value is -1.99. The van der Waals surface area contributed by atoms with E-state index < -0.39 is 5.91 Å². The van der Waals surface area contributed by atoms with Crippen LogP contribution in [0.4, 0.5) is 0 Å². The molecule has 2 rings (SSSR count). The van der Waals surface area contributed by atoms with Crippen LogP contribution in [-0.4, -0.2) is 12.5 Å². The quantitative estimate of drug-likeness (QED) is 0.594. The van der Waals surface area contributed by atoms with Gasteiger partial charge in [-0.3, -0.25) is 10.1 Å². The van der Waals surface area contributed by atoms with Crippen LogP contribution in [0.3, 0.4) is 0 Å². The third kappa shape index (κ3) is 2.00. The number of fused-ring (bicyclic) bond motifs is 1. The summed E-state index contributed by atoms with van der Waals surface area (Å²) >= 11 is 5.83. The summed E-state index contributed by atoms with van der Waals surface area (Å²) in [5.74, 6) is 0.228. The monoisotopic (exact) mass is 234 g/mol. The summed E-state index contributed by atoms with van der Waals surface area (Å²) in [4.78, 5) is 11.4. The van der Waals surface area contributed by atoms with Crippen molar-refractivity contribution in [3.63, 3.8) is 0 Å². The average molecular weight is 235 g/mol. The molecule has 4 nitrogen and oxygen atoms in total. The zero-order chi connectivity index (χ0) is 11.5. The van der Waals surface area contributed by atoms with E-state index in [-0.39, 0.29) is 6.61 Å². The van der Waals surface area contributed by atoms with Gasteiger partial charge in [0.05, 0.1) is 5.57 Å². The third-order valence-corrected chi connectivity index (χ3v) is 2.38. The maximum Gasteiger partial charge on any atom is 0.263 e. The fourth-order valence-corrected chi connectivity index (χ4v) is 1.59. The van der Waals surface area contributed by atoms with Crippen molar-refractivity contribution in [2.75, 3.05) is 6.61 Å². The van der Waals surface area contributed by atoms with Gasteiger partial charge < -0.3 is 4.74 Å². The molecule has 1 N–H and O–H groups in total. The van der Waals surface area contributed by atoms with E-state index in [0.717, 1.165) is 5.56 Å². The summed E-state index contributed by atoms with van der Waals surface area (Å²) in [6.45, 7) is 0.155. The van der Waals surface area contributed by atoms with Gasteiger partial charge in [-0.2, -0.15) is 5.26 Å². The average Bonchev–Trinajstić information content (AvgIpc) is 2.28. The largest absolute Gasteiger partial charge is 0.488 e. The van der Waals surface area contributed by atoms with E-state index >= 15 is 0 Å². The van der Waals surface area contributed by atoms with Crippen molar-refractivity contribution >= 4 is 23.6 Å². The van der Waals surface area contributed by atoms with Gasteiger partial charge >= 0.3 is 0 Å². The van der Waals surface area contributed by atoms with Crippen LogP contribution in [0.25, 0.3) is 6.08 Å². The van der Waals surface area contributed by atoms with Crippen molar-refractivity contribution in [2.45, 2.75) is 0 Å². The molecule has 1 heterocycles. The van der Waals surface area contributed by atoms with Crippen LogP contribution in [0.2, 0.25) is 5.02 Å². The first-order valence-electron chi connectivity index (χ1n) is 4.53. The van der Waals surface area contributed by atoms with Gasteiger partial charge in [0, 0.05) is 10.6 Å². The summed E-state index contributed by atoms with van der Waals surface area (Å²) in [5.41, 5.74) is 1.14. The number of hydrogen-bond donors (Lipinski definition) is 1. The molecule has 0 saturated heterocycles. The first kappa shape index (κ1) is 10.5. The number of benzene rings is 1. The number of carbonyl (C=O) groups excluding carboxylic acids is 1. The Morgan fingerprint density at radius 1 is 1.56 bits per heavy atom. The third-order valence-electron chi connectivity index (χ3n) is 2.15. The molecule has 1 aromatic rings. The summed E-state index contributed by atoms with van der Waals surface area (Å²) < 4.78 is 5.36. The molecule has 16 heavy (non-hydrogen) atoms. The molecule has 0 saturated carbocycles. The molecule has 5 heteroatoms. The van der Waals surface area contributed by atoms with Gasteiger partial charge in [0.1, 0.15) is 12.4 Å². The molecule has 0 spiro atoms. The van der Waals surface area contributed by atoms with Gasteiger partial charge in [0.15, 0.2) is 6.19 Å². The summed E-state index contributed by atoms with van der Waals surface area (Å²) in [6, 6.07) is 5.16. The molecule has 0 fully saturated rings. The number of rotatable bonds is 1.